The third-order valence-corrected chi connectivity index (χ3v) is 5.74. The van der Waals surface area contributed by atoms with E-state index in [0.29, 0.717) is 19.1 Å². The van der Waals surface area contributed by atoms with Crippen molar-refractivity contribution in [3.8, 4) is 5.75 Å². The molecule has 2 aliphatic rings. The number of benzene rings is 1. The number of likely N-dealkylation sites (N-methyl/N-ethyl adjacent to an activating group) is 1. The first kappa shape index (κ1) is 23.4. The number of methoxy groups -OCH3 is 1. The van der Waals surface area contributed by atoms with Gasteiger partial charge in [-0.15, -0.1) is 12.4 Å². The number of ether oxygens (including phenoxy) is 1. The second-order valence-electron chi connectivity index (χ2n) is 7.92. The largest absolute Gasteiger partial charge is 0.497 e. The van der Waals surface area contributed by atoms with Crippen molar-refractivity contribution in [1.82, 2.24) is 14.7 Å². The van der Waals surface area contributed by atoms with Gasteiger partial charge in [-0.1, -0.05) is 12.1 Å². The molecule has 1 saturated carbocycles. The molecular formula is C21H32ClN3O4. The lowest BCUT2D eigenvalue weighted by molar-refractivity contribution is -0.138. The van der Waals surface area contributed by atoms with Crippen molar-refractivity contribution in [2.45, 2.75) is 44.3 Å². The minimum atomic E-state index is -0.793. The first-order valence-electron chi connectivity index (χ1n) is 10.0. The van der Waals surface area contributed by atoms with Gasteiger partial charge in [-0.25, -0.2) is 0 Å². The van der Waals surface area contributed by atoms with Gasteiger partial charge in [0.2, 0.25) is 5.91 Å². The maximum Gasteiger partial charge on any atom is 0.317 e. The first-order valence-corrected chi connectivity index (χ1v) is 10.0. The number of rotatable bonds is 9. The van der Waals surface area contributed by atoms with E-state index in [9.17, 15) is 9.59 Å². The topological polar surface area (TPSA) is 73.3 Å². The van der Waals surface area contributed by atoms with Gasteiger partial charge in [0.25, 0.3) is 0 Å². The number of likely N-dealkylation sites (tertiary alicyclic amines) is 1. The van der Waals surface area contributed by atoms with E-state index in [4.69, 9.17) is 9.84 Å². The summed E-state index contributed by atoms with van der Waals surface area (Å²) in [5.74, 6) is 0.221. The normalized spacial score (nSPS) is 17.6. The molecule has 2 fully saturated rings. The van der Waals surface area contributed by atoms with Gasteiger partial charge in [0.15, 0.2) is 0 Å². The summed E-state index contributed by atoms with van der Waals surface area (Å²) in [5.41, 5.74) is 1.12. The number of halogens is 1. The standard InChI is InChI=1S/C21H31N3O4.ClH/c1-22(15-21(26)27)17-9-11-23(12-10-17)14-20(25)24(18-5-6-18)13-16-3-7-19(28-2)8-4-16;/h3-4,7-8,17-18H,5-6,9-15H2,1-2H3,(H,26,27);1H. The molecule has 1 aliphatic carbocycles. The average Bonchev–Trinajstić information content (AvgIpc) is 3.51. The van der Waals surface area contributed by atoms with E-state index in [0.717, 1.165) is 50.1 Å². The van der Waals surface area contributed by atoms with Gasteiger partial charge >= 0.3 is 5.97 Å². The van der Waals surface area contributed by atoms with Crippen LogP contribution in [-0.4, -0.2) is 84.1 Å². The number of hydrogen-bond acceptors (Lipinski definition) is 5. The Kier molecular flexibility index (Phi) is 8.74. The first-order chi connectivity index (χ1) is 13.5. The molecule has 1 aliphatic heterocycles. The molecule has 1 aromatic rings. The minimum Gasteiger partial charge on any atom is -0.497 e. The molecule has 1 N–H and O–H groups in total. The van der Waals surface area contributed by atoms with E-state index in [1.807, 2.05) is 41.1 Å². The van der Waals surface area contributed by atoms with Crippen molar-refractivity contribution in [2.24, 2.45) is 0 Å². The van der Waals surface area contributed by atoms with Crippen molar-refractivity contribution < 1.29 is 19.4 Å². The lowest BCUT2D eigenvalue weighted by Gasteiger charge is -2.36. The van der Waals surface area contributed by atoms with Crippen LogP contribution in [0.15, 0.2) is 24.3 Å². The molecule has 0 unspecified atom stereocenters. The molecule has 1 aromatic carbocycles. The third-order valence-electron chi connectivity index (χ3n) is 5.74. The summed E-state index contributed by atoms with van der Waals surface area (Å²) >= 11 is 0. The summed E-state index contributed by atoms with van der Waals surface area (Å²) in [7, 11) is 3.51. The molecule has 162 valence electrons. The molecule has 0 aromatic heterocycles. The quantitative estimate of drug-likeness (QED) is 0.653. The number of carbonyl (C=O) groups is 2. The maximum absolute atomic E-state index is 13.0. The number of nitrogens with zero attached hydrogens (tertiary/aromatic N) is 3. The average molecular weight is 426 g/mol. The van der Waals surface area contributed by atoms with E-state index < -0.39 is 5.97 Å². The summed E-state index contributed by atoms with van der Waals surface area (Å²) in [6.07, 6.45) is 3.98. The lowest BCUT2D eigenvalue weighted by atomic mass is 10.0. The van der Waals surface area contributed by atoms with Crippen LogP contribution in [0.25, 0.3) is 0 Å². The fourth-order valence-electron chi connectivity index (χ4n) is 3.88. The monoisotopic (exact) mass is 425 g/mol. The molecule has 7 nitrogen and oxygen atoms in total. The van der Waals surface area contributed by atoms with Crippen molar-refractivity contribution in [2.75, 3.05) is 40.3 Å². The van der Waals surface area contributed by atoms with Crippen LogP contribution in [0.2, 0.25) is 0 Å². The molecule has 1 saturated heterocycles. The highest BCUT2D eigenvalue weighted by Gasteiger charge is 2.34. The van der Waals surface area contributed by atoms with Crippen LogP contribution < -0.4 is 4.74 Å². The highest BCUT2D eigenvalue weighted by atomic mass is 35.5. The SMILES string of the molecule is COc1ccc(CN(C(=O)CN2CCC(N(C)CC(=O)O)CC2)C2CC2)cc1.Cl. The number of carbonyl (C=O) groups excluding carboxylic acids is 1. The van der Waals surface area contributed by atoms with Gasteiger partial charge in [0.1, 0.15) is 5.75 Å². The number of carboxylic acids is 1. The molecule has 0 atom stereocenters. The number of carboxylic acid groups (broad SMARTS) is 1. The van der Waals surface area contributed by atoms with Crippen molar-refractivity contribution in [3.63, 3.8) is 0 Å². The van der Waals surface area contributed by atoms with Crippen LogP contribution in [0, 0.1) is 0 Å². The second kappa shape index (κ2) is 10.8. The molecule has 3 rings (SSSR count). The third kappa shape index (κ3) is 6.87. The zero-order valence-electron chi connectivity index (χ0n) is 17.2. The summed E-state index contributed by atoms with van der Waals surface area (Å²) in [4.78, 5) is 30.0. The summed E-state index contributed by atoms with van der Waals surface area (Å²) in [5, 5.41) is 8.95. The molecule has 8 heteroatoms. The Labute approximate surface area is 179 Å². The van der Waals surface area contributed by atoms with E-state index in [-0.39, 0.29) is 30.9 Å². The van der Waals surface area contributed by atoms with Gasteiger partial charge in [0.05, 0.1) is 20.2 Å². The number of amides is 1. The van der Waals surface area contributed by atoms with E-state index >= 15 is 0 Å². The van der Waals surface area contributed by atoms with Crippen LogP contribution in [0.3, 0.4) is 0 Å². The molecule has 0 spiro atoms. The Morgan fingerprint density at radius 2 is 1.72 bits per heavy atom. The van der Waals surface area contributed by atoms with E-state index in [2.05, 4.69) is 4.90 Å². The van der Waals surface area contributed by atoms with Gasteiger partial charge in [-0.3, -0.25) is 19.4 Å². The molecule has 0 radical (unpaired) electrons. The summed E-state index contributed by atoms with van der Waals surface area (Å²) in [6.45, 7) is 2.83. The van der Waals surface area contributed by atoms with Gasteiger partial charge in [0, 0.05) is 31.7 Å². The van der Waals surface area contributed by atoms with Gasteiger partial charge in [-0.05, 0) is 50.4 Å². The van der Waals surface area contributed by atoms with Crippen LogP contribution >= 0.6 is 12.4 Å². The van der Waals surface area contributed by atoms with Crippen LogP contribution in [0.5, 0.6) is 5.75 Å². The maximum atomic E-state index is 13.0. The fraction of sp³-hybridized carbons (Fsp3) is 0.619. The molecule has 0 bridgehead atoms. The number of aliphatic carboxylic acids is 1. The number of piperidine rings is 1. The van der Waals surface area contributed by atoms with Gasteiger partial charge < -0.3 is 14.7 Å². The molecular weight excluding hydrogens is 394 g/mol. The summed E-state index contributed by atoms with van der Waals surface area (Å²) < 4.78 is 5.21. The summed E-state index contributed by atoms with van der Waals surface area (Å²) in [6, 6.07) is 8.55. The van der Waals surface area contributed by atoms with Crippen molar-refractivity contribution in [1.29, 1.82) is 0 Å². The second-order valence-corrected chi connectivity index (χ2v) is 7.92. The zero-order valence-corrected chi connectivity index (χ0v) is 18.1. The van der Waals surface area contributed by atoms with Crippen molar-refractivity contribution >= 4 is 24.3 Å². The number of hydrogen-bond donors (Lipinski definition) is 1. The Bertz CT molecular complexity index is 673. The minimum absolute atomic E-state index is 0. The molecule has 1 heterocycles. The Morgan fingerprint density at radius 3 is 2.24 bits per heavy atom. The van der Waals surface area contributed by atoms with Crippen LogP contribution in [0.4, 0.5) is 0 Å². The van der Waals surface area contributed by atoms with Crippen molar-refractivity contribution in [3.05, 3.63) is 29.8 Å². The predicted octanol–water partition coefficient (Wildman–Crippen LogP) is 2.09. The Hall–Kier alpha value is -1.83. The molecule has 29 heavy (non-hydrogen) atoms. The molecule has 1 amide bonds. The highest BCUT2D eigenvalue weighted by Crippen LogP contribution is 2.29. The predicted molar refractivity (Wildman–Crippen MR) is 114 cm³/mol. The Balaban J connectivity index is 0.00000300. The smallest absolute Gasteiger partial charge is 0.317 e. The van der Waals surface area contributed by atoms with Crippen LogP contribution in [-0.2, 0) is 16.1 Å². The van der Waals surface area contributed by atoms with E-state index in [1.165, 1.54) is 0 Å². The lowest BCUT2D eigenvalue weighted by Crippen LogP contribution is -2.48. The highest BCUT2D eigenvalue weighted by molar-refractivity contribution is 5.85. The fourth-order valence-corrected chi connectivity index (χ4v) is 3.88. The zero-order chi connectivity index (χ0) is 20.1. The van der Waals surface area contributed by atoms with Crippen LogP contribution in [0.1, 0.15) is 31.2 Å². The van der Waals surface area contributed by atoms with E-state index in [1.54, 1.807) is 7.11 Å². The van der Waals surface area contributed by atoms with Gasteiger partial charge in [-0.2, -0.15) is 0 Å². The Morgan fingerprint density at radius 1 is 1.10 bits per heavy atom.